The molecule has 0 radical (unpaired) electrons. The van der Waals surface area contributed by atoms with Gasteiger partial charge in [0.15, 0.2) is 17.3 Å². The molecule has 2 aromatic rings. The molecular formula is C16H19NO5. The molecule has 1 N–H and O–H groups in total. The fourth-order valence-corrected chi connectivity index (χ4v) is 2.04. The number of amides is 1. The number of carbonyl (C=O) groups is 1. The molecule has 1 amide bonds. The molecule has 6 heteroatoms. The van der Waals surface area contributed by atoms with Crippen molar-refractivity contribution < 1.29 is 23.4 Å². The maximum Gasteiger partial charge on any atom is 0.291 e. The molecule has 1 aromatic heterocycles. The van der Waals surface area contributed by atoms with Crippen molar-refractivity contribution >= 4 is 11.6 Å². The summed E-state index contributed by atoms with van der Waals surface area (Å²) in [5.74, 6) is 2.07. The van der Waals surface area contributed by atoms with Gasteiger partial charge in [-0.1, -0.05) is 6.92 Å². The standard InChI is InChI=1S/C16H19NO5/c1-5-11-6-7-12(22-11)16(18)17-10-8-13(19-2)15(21-4)14(9-10)20-3/h6-9H,5H2,1-4H3,(H,17,18). The van der Waals surface area contributed by atoms with Crippen LogP contribution in [0.5, 0.6) is 17.2 Å². The molecule has 0 saturated carbocycles. The van der Waals surface area contributed by atoms with Crippen LogP contribution in [-0.4, -0.2) is 27.2 Å². The average molecular weight is 305 g/mol. The molecule has 2 rings (SSSR count). The van der Waals surface area contributed by atoms with Crippen molar-refractivity contribution in [2.24, 2.45) is 0 Å². The molecule has 0 saturated heterocycles. The largest absolute Gasteiger partial charge is 0.493 e. The van der Waals surface area contributed by atoms with Crippen LogP contribution in [0.2, 0.25) is 0 Å². The van der Waals surface area contributed by atoms with Gasteiger partial charge in [-0.15, -0.1) is 0 Å². The van der Waals surface area contributed by atoms with Crippen molar-refractivity contribution in [2.75, 3.05) is 26.6 Å². The molecule has 1 aromatic carbocycles. The summed E-state index contributed by atoms with van der Waals surface area (Å²) in [6.07, 6.45) is 0.734. The van der Waals surface area contributed by atoms with Gasteiger partial charge < -0.3 is 23.9 Å². The van der Waals surface area contributed by atoms with Crippen molar-refractivity contribution in [1.29, 1.82) is 0 Å². The van der Waals surface area contributed by atoms with Crippen LogP contribution in [0.3, 0.4) is 0 Å². The van der Waals surface area contributed by atoms with Crippen LogP contribution in [-0.2, 0) is 6.42 Å². The number of carbonyl (C=O) groups excluding carboxylic acids is 1. The van der Waals surface area contributed by atoms with E-state index >= 15 is 0 Å². The Labute approximate surface area is 129 Å². The van der Waals surface area contributed by atoms with E-state index < -0.39 is 0 Å². The lowest BCUT2D eigenvalue weighted by molar-refractivity contribution is 0.0995. The zero-order valence-electron chi connectivity index (χ0n) is 13.1. The Bertz CT molecular complexity index is 637. The number of methoxy groups -OCH3 is 3. The second-order valence-corrected chi connectivity index (χ2v) is 4.49. The van der Waals surface area contributed by atoms with E-state index in [1.54, 1.807) is 24.3 Å². The molecule has 1 heterocycles. The van der Waals surface area contributed by atoms with Gasteiger partial charge in [0.05, 0.1) is 21.3 Å². The molecule has 0 aliphatic heterocycles. The van der Waals surface area contributed by atoms with Crippen LogP contribution in [0.4, 0.5) is 5.69 Å². The Hall–Kier alpha value is -2.63. The Kier molecular flexibility index (Phi) is 4.93. The number of furan rings is 1. The zero-order chi connectivity index (χ0) is 16.1. The molecule has 0 aliphatic carbocycles. The highest BCUT2D eigenvalue weighted by molar-refractivity contribution is 6.02. The quantitative estimate of drug-likeness (QED) is 0.888. The molecule has 0 aliphatic rings. The van der Waals surface area contributed by atoms with Gasteiger partial charge in [0.2, 0.25) is 5.75 Å². The van der Waals surface area contributed by atoms with Gasteiger partial charge in [-0.3, -0.25) is 4.79 Å². The molecule has 118 valence electrons. The Balaban J connectivity index is 2.27. The number of benzene rings is 1. The molecular weight excluding hydrogens is 286 g/mol. The fraction of sp³-hybridized carbons (Fsp3) is 0.312. The average Bonchev–Trinajstić information content (AvgIpc) is 3.03. The highest BCUT2D eigenvalue weighted by atomic mass is 16.5. The van der Waals surface area contributed by atoms with Gasteiger partial charge in [0.25, 0.3) is 5.91 Å². The van der Waals surface area contributed by atoms with Gasteiger partial charge in [0, 0.05) is 24.2 Å². The number of hydrogen-bond donors (Lipinski definition) is 1. The molecule has 0 fully saturated rings. The minimum atomic E-state index is -0.339. The van der Waals surface area contributed by atoms with Gasteiger partial charge in [-0.25, -0.2) is 0 Å². The first-order chi connectivity index (χ1) is 10.6. The maximum absolute atomic E-state index is 12.2. The summed E-state index contributed by atoms with van der Waals surface area (Å²) in [6, 6.07) is 6.74. The first kappa shape index (κ1) is 15.8. The Morgan fingerprint density at radius 3 is 2.18 bits per heavy atom. The number of hydrogen-bond acceptors (Lipinski definition) is 5. The molecule has 0 atom stereocenters. The van der Waals surface area contributed by atoms with Crippen LogP contribution in [0.25, 0.3) is 0 Å². The van der Waals surface area contributed by atoms with E-state index in [0.717, 1.165) is 12.2 Å². The third-order valence-electron chi connectivity index (χ3n) is 3.16. The second kappa shape index (κ2) is 6.89. The number of anilines is 1. The molecule has 0 spiro atoms. The van der Waals surface area contributed by atoms with E-state index in [9.17, 15) is 4.79 Å². The van der Waals surface area contributed by atoms with Crippen LogP contribution >= 0.6 is 0 Å². The van der Waals surface area contributed by atoms with Gasteiger partial charge in [0.1, 0.15) is 5.76 Å². The van der Waals surface area contributed by atoms with Crippen LogP contribution in [0.1, 0.15) is 23.2 Å². The SMILES string of the molecule is CCc1ccc(C(=O)Nc2cc(OC)c(OC)c(OC)c2)o1. The number of aryl methyl sites for hydroxylation is 1. The smallest absolute Gasteiger partial charge is 0.291 e. The Morgan fingerprint density at radius 2 is 1.73 bits per heavy atom. The van der Waals surface area contributed by atoms with Crippen molar-refractivity contribution in [3.63, 3.8) is 0 Å². The summed E-state index contributed by atoms with van der Waals surface area (Å²) < 4.78 is 21.2. The molecule has 6 nitrogen and oxygen atoms in total. The first-order valence-corrected chi connectivity index (χ1v) is 6.83. The van der Waals surface area contributed by atoms with Crippen molar-refractivity contribution in [3.8, 4) is 17.2 Å². The summed E-state index contributed by atoms with van der Waals surface area (Å²) in [6.45, 7) is 1.96. The summed E-state index contributed by atoms with van der Waals surface area (Å²) in [5.41, 5.74) is 0.522. The molecule has 0 unspecified atom stereocenters. The van der Waals surface area contributed by atoms with E-state index in [4.69, 9.17) is 18.6 Å². The number of rotatable bonds is 6. The number of ether oxygens (including phenoxy) is 3. The van der Waals surface area contributed by atoms with E-state index in [1.165, 1.54) is 21.3 Å². The van der Waals surface area contributed by atoms with Crippen molar-refractivity contribution in [2.45, 2.75) is 13.3 Å². The van der Waals surface area contributed by atoms with Crippen molar-refractivity contribution in [3.05, 3.63) is 35.8 Å². The lowest BCUT2D eigenvalue weighted by Gasteiger charge is -2.14. The van der Waals surface area contributed by atoms with Crippen molar-refractivity contribution in [1.82, 2.24) is 0 Å². The summed E-state index contributed by atoms with van der Waals surface area (Å²) in [5, 5.41) is 2.75. The summed E-state index contributed by atoms with van der Waals surface area (Å²) in [7, 11) is 4.56. The Morgan fingerprint density at radius 1 is 1.09 bits per heavy atom. The van der Waals surface area contributed by atoms with E-state index in [2.05, 4.69) is 5.32 Å². The third-order valence-corrected chi connectivity index (χ3v) is 3.16. The van der Waals surface area contributed by atoms with E-state index in [-0.39, 0.29) is 11.7 Å². The minimum Gasteiger partial charge on any atom is -0.493 e. The molecule has 0 bridgehead atoms. The minimum absolute atomic E-state index is 0.255. The van der Waals surface area contributed by atoms with E-state index in [0.29, 0.717) is 22.9 Å². The highest BCUT2D eigenvalue weighted by Crippen LogP contribution is 2.40. The third kappa shape index (κ3) is 3.16. The normalized spacial score (nSPS) is 10.2. The summed E-state index contributed by atoms with van der Waals surface area (Å²) in [4.78, 5) is 12.2. The lowest BCUT2D eigenvalue weighted by Crippen LogP contribution is -2.11. The highest BCUT2D eigenvalue weighted by Gasteiger charge is 2.16. The topological polar surface area (TPSA) is 69.9 Å². The van der Waals surface area contributed by atoms with Crippen LogP contribution in [0, 0.1) is 0 Å². The van der Waals surface area contributed by atoms with Gasteiger partial charge >= 0.3 is 0 Å². The van der Waals surface area contributed by atoms with Gasteiger partial charge in [-0.2, -0.15) is 0 Å². The maximum atomic E-state index is 12.2. The molecule has 22 heavy (non-hydrogen) atoms. The van der Waals surface area contributed by atoms with Crippen LogP contribution < -0.4 is 19.5 Å². The lowest BCUT2D eigenvalue weighted by atomic mass is 10.2. The van der Waals surface area contributed by atoms with E-state index in [1.807, 2.05) is 6.92 Å². The fourth-order valence-electron chi connectivity index (χ4n) is 2.04. The predicted molar refractivity (Wildman–Crippen MR) is 82.1 cm³/mol. The van der Waals surface area contributed by atoms with Gasteiger partial charge in [-0.05, 0) is 12.1 Å². The summed E-state index contributed by atoms with van der Waals surface area (Å²) >= 11 is 0. The zero-order valence-corrected chi connectivity index (χ0v) is 13.1. The second-order valence-electron chi connectivity index (χ2n) is 4.49. The predicted octanol–water partition coefficient (Wildman–Crippen LogP) is 3.12. The first-order valence-electron chi connectivity index (χ1n) is 6.83. The monoisotopic (exact) mass is 305 g/mol. The number of nitrogens with one attached hydrogen (secondary N) is 1. The van der Waals surface area contributed by atoms with Crippen LogP contribution in [0.15, 0.2) is 28.7 Å².